The predicted octanol–water partition coefficient (Wildman–Crippen LogP) is 3.68. The second-order valence-electron chi connectivity index (χ2n) is 4.88. The van der Waals surface area contributed by atoms with Crippen LogP contribution in [-0.4, -0.2) is 9.55 Å². The maximum Gasteiger partial charge on any atom is 0.128 e. The quantitative estimate of drug-likeness (QED) is 0.773. The lowest BCUT2D eigenvalue weighted by Crippen LogP contribution is -2.03. The van der Waals surface area contributed by atoms with Gasteiger partial charge in [-0.3, -0.25) is 0 Å². The van der Waals surface area contributed by atoms with Crippen molar-refractivity contribution >= 4 is 5.69 Å². The lowest BCUT2D eigenvalue weighted by Gasteiger charge is -2.09. The molecule has 3 nitrogen and oxygen atoms in total. The van der Waals surface area contributed by atoms with E-state index in [1.54, 1.807) is 24.7 Å². The fraction of sp³-hybridized carbons (Fsp3) is 0.118. The molecule has 0 spiro atoms. The highest BCUT2D eigenvalue weighted by Crippen LogP contribution is 2.14. The lowest BCUT2D eigenvalue weighted by atomic mass is 10.1. The van der Waals surface area contributed by atoms with Crippen LogP contribution < -0.4 is 5.32 Å². The van der Waals surface area contributed by atoms with Crippen LogP contribution in [-0.2, 0) is 13.1 Å². The molecule has 1 heterocycles. The molecule has 0 saturated carbocycles. The van der Waals surface area contributed by atoms with Gasteiger partial charge in [-0.1, -0.05) is 30.3 Å². The molecule has 0 amide bonds. The van der Waals surface area contributed by atoms with Crippen molar-refractivity contribution in [1.29, 1.82) is 0 Å². The van der Waals surface area contributed by atoms with Gasteiger partial charge in [0.25, 0.3) is 0 Å². The molecule has 0 fully saturated rings. The van der Waals surface area contributed by atoms with Crippen LogP contribution >= 0.6 is 0 Å². The maximum absolute atomic E-state index is 13.6. The Balaban J connectivity index is 1.67. The molecule has 0 saturated heterocycles. The number of benzene rings is 2. The molecule has 3 rings (SSSR count). The molecule has 1 aromatic heterocycles. The van der Waals surface area contributed by atoms with Crippen LogP contribution in [0, 0.1) is 5.82 Å². The van der Waals surface area contributed by atoms with Gasteiger partial charge in [-0.2, -0.15) is 0 Å². The minimum atomic E-state index is -0.181. The Morgan fingerprint density at radius 3 is 2.81 bits per heavy atom. The molecule has 0 aliphatic heterocycles. The van der Waals surface area contributed by atoms with E-state index in [1.165, 1.54) is 11.6 Å². The predicted molar refractivity (Wildman–Crippen MR) is 81.5 cm³/mol. The molecule has 4 heteroatoms. The topological polar surface area (TPSA) is 29.9 Å². The molecular weight excluding hydrogens is 265 g/mol. The first-order valence-electron chi connectivity index (χ1n) is 6.83. The van der Waals surface area contributed by atoms with Gasteiger partial charge in [0, 0.05) is 36.7 Å². The first-order valence-corrected chi connectivity index (χ1v) is 6.83. The first-order chi connectivity index (χ1) is 10.3. The Morgan fingerprint density at radius 1 is 1.10 bits per heavy atom. The van der Waals surface area contributed by atoms with Crippen LogP contribution in [0.3, 0.4) is 0 Å². The van der Waals surface area contributed by atoms with E-state index in [0.717, 1.165) is 12.2 Å². The van der Waals surface area contributed by atoms with E-state index >= 15 is 0 Å². The van der Waals surface area contributed by atoms with Crippen LogP contribution in [0.2, 0.25) is 0 Å². The van der Waals surface area contributed by atoms with Crippen molar-refractivity contribution in [2.45, 2.75) is 13.1 Å². The highest BCUT2D eigenvalue weighted by molar-refractivity contribution is 5.46. The van der Waals surface area contributed by atoms with Crippen LogP contribution in [0.15, 0.2) is 67.3 Å². The average Bonchev–Trinajstić information content (AvgIpc) is 3.00. The van der Waals surface area contributed by atoms with Gasteiger partial charge in [0.15, 0.2) is 0 Å². The monoisotopic (exact) mass is 281 g/mol. The summed E-state index contributed by atoms with van der Waals surface area (Å²) in [6, 6.07) is 14.9. The Hall–Kier alpha value is -2.62. The Morgan fingerprint density at radius 2 is 2.00 bits per heavy atom. The van der Waals surface area contributed by atoms with Gasteiger partial charge in [0.05, 0.1) is 6.33 Å². The molecule has 0 aliphatic rings. The van der Waals surface area contributed by atoms with Crippen molar-refractivity contribution in [3.05, 3.63) is 84.2 Å². The zero-order valence-electron chi connectivity index (χ0n) is 11.5. The van der Waals surface area contributed by atoms with Crippen molar-refractivity contribution in [3.8, 4) is 0 Å². The van der Waals surface area contributed by atoms with Gasteiger partial charge in [0.1, 0.15) is 5.82 Å². The maximum atomic E-state index is 13.6. The van der Waals surface area contributed by atoms with E-state index < -0.39 is 0 Å². The summed E-state index contributed by atoms with van der Waals surface area (Å²) >= 11 is 0. The summed E-state index contributed by atoms with van der Waals surface area (Å²) in [4.78, 5) is 4.03. The fourth-order valence-electron chi connectivity index (χ4n) is 2.21. The van der Waals surface area contributed by atoms with Crippen molar-refractivity contribution < 1.29 is 4.39 Å². The highest BCUT2D eigenvalue weighted by Gasteiger charge is 2.01. The summed E-state index contributed by atoms with van der Waals surface area (Å²) in [5.41, 5.74) is 2.82. The van der Waals surface area contributed by atoms with Gasteiger partial charge in [-0.05, 0) is 23.8 Å². The van der Waals surface area contributed by atoms with Crippen LogP contribution in [0.5, 0.6) is 0 Å². The second kappa shape index (κ2) is 6.22. The van der Waals surface area contributed by atoms with Gasteiger partial charge < -0.3 is 9.88 Å². The van der Waals surface area contributed by atoms with Crippen molar-refractivity contribution in [2.75, 3.05) is 5.32 Å². The molecule has 0 atom stereocenters. The zero-order valence-corrected chi connectivity index (χ0v) is 11.5. The van der Waals surface area contributed by atoms with Crippen LogP contribution in [0.25, 0.3) is 0 Å². The zero-order chi connectivity index (χ0) is 14.5. The third-order valence-corrected chi connectivity index (χ3v) is 3.29. The molecule has 21 heavy (non-hydrogen) atoms. The Kier molecular flexibility index (Phi) is 3.96. The molecule has 0 bridgehead atoms. The average molecular weight is 281 g/mol. The largest absolute Gasteiger partial charge is 0.381 e. The van der Waals surface area contributed by atoms with E-state index in [4.69, 9.17) is 0 Å². The van der Waals surface area contributed by atoms with E-state index in [0.29, 0.717) is 12.1 Å². The number of nitrogens with zero attached hydrogens (tertiary/aromatic N) is 2. The minimum Gasteiger partial charge on any atom is -0.381 e. The lowest BCUT2D eigenvalue weighted by molar-refractivity contribution is 0.613. The second-order valence-corrected chi connectivity index (χ2v) is 4.88. The third kappa shape index (κ3) is 3.48. The van der Waals surface area contributed by atoms with Gasteiger partial charge in [0.2, 0.25) is 0 Å². The van der Waals surface area contributed by atoms with Crippen molar-refractivity contribution in [2.24, 2.45) is 0 Å². The van der Waals surface area contributed by atoms with E-state index in [9.17, 15) is 4.39 Å². The molecular formula is C17H16FN3. The molecule has 0 aliphatic carbocycles. The summed E-state index contributed by atoms with van der Waals surface area (Å²) in [6.45, 7) is 1.25. The highest BCUT2D eigenvalue weighted by atomic mass is 19.1. The first kappa shape index (κ1) is 13.4. The molecule has 106 valence electrons. The summed E-state index contributed by atoms with van der Waals surface area (Å²) in [5, 5.41) is 3.26. The van der Waals surface area contributed by atoms with Gasteiger partial charge in [-0.15, -0.1) is 0 Å². The standard InChI is InChI=1S/C17H16FN3/c18-17-7-2-1-5-15(17)11-20-16-6-3-4-14(10-16)12-21-9-8-19-13-21/h1-10,13,20H,11-12H2. The summed E-state index contributed by atoms with van der Waals surface area (Å²) in [7, 11) is 0. The number of imidazole rings is 1. The van der Waals surface area contributed by atoms with Gasteiger partial charge in [-0.25, -0.2) is 9.37 Å². The Bertz CT molecular complexity index is 708. The molecule has 2 aromatic carbocycles. The molecule has 1 N–H and O–H groups in total. The fourth-order valence-corrected chi connectivity index (χ4v) is 2.21. The number of anilines is 1. The summed E-state index contributed by atoms with van der Waals surface area (Å²) in [5.74, 6) is -0.181. The molecule has 0 radical (unpaired) electrons. The SMILES string of the molecule is Fc1ccccc1CNc1cccc(Cn2ccnc2)c1. The van der Waals surface area contributed by atoms with Crippen molar-refractivity contribution in [1.82, 2.24) is 9.55 Å². The number of halogens is 1. The number of hydrogen-bond donors (Lipinski definition) is 1. The van der Waals surface area contributed by atoms with E-state index in [-0.39, 0.29) is 5.82 Å². The van der Waals surface area contributed by atoms with Crippen LogP contribution in [0.4, 0.5) is 10.1 Å². The van der Waals surface area contributed by atoms with Gasteiger partial charge >= 0.3 is 0 Å². The van der Waals surface area contributed by atoms with E-state index in [2.05, 4.69) is 22.4 Å². The summed E-state index contributed by atoms with van der Waals surface area (Å²) < 4.78 is 15.6. The Labute approximate surface area is 123 Å². The van der Waals surface area contributed by atoms with Crippen LogP contribution in [0.1, 0.15) is 11.1 Å². The molecule has 3 aromatic rings. The number of aromatic nitrogens is 2. The summed E-state index contributed by atoms with van der Waals surface area (Å²) in [6.07, 6.45) is 5.49. The minimum absolute atomic E-state index is 0.181. The number of rotatable bonds is 5. The normalized spacial score (nSPS) is 10.5. The van der Waals surface area contributed by atoms with E-state index in [1.807, 2.05) is 29.0 Å². The smallest absolute Gasteiger partial charge is 0.128 e. The van der Waals surface area contributed by atoms with Crippen molar-refractivity contribution in [3.63, 3.8) is 0 Å². The number of hydrogen-bond acceptors (Lipinski definition) is 2. The number of nitrogens with one attached hydrogen (secondary N) is 1. The third-order valence-electron chi connectivity index (χ3n) is 3.29. The molecule has 0 unspecified atom stereocenters.